The number of amides is 3. The van der Waals surface area contributed by atoms with Gasteiger partial charge in [-0.1, -0.05) is 17.4 Å². The standard InChI is InChI=1S/C20H24N6O3/c1-12(21)18(27)25(4)23-22-14-10-13-6-5-7-15-17(13)16(11-14)20(29)26(19(15)28)9-8-24(2)3/h5-7,10-12H,8-9,21H2,1-4H3/b23-22+/t12-/m0/s1. The second-order valence-electron chi connectivity index (χ2n) is 7.30. The molecule has 0 saturated heterocycles. The molecule has 0 aromatic heterocycles. The van der Waals surface area contributed by atoms with Gasteiger partial charge in [0.1, 0.15) is 0 Å². The van der Waals surface area contributed by atoms with Crippen LogP contribution in [0.4, 0.5) is 5.69 Å². The number of benzene rings is 2. The Morgan fingerprint density at radius 3 is 2.48 bits per heavy atom. The molecule has 0 fully saturated rings. The van der Waals surface area contributed by atoms with Gasteiger partial charge in [0, 0.05) is 31.1 Å². The molecule has 3 rings (SSSR count). The molecule has 0 radical (unpaired) electrons. The average Bonchev–Trinajstić information content (AvgIpc) is 2.68. The van der Waals surface area contributed by atoms with Gasteiger partial charge in [0.25, 0.3) is 17.7 Å². The van der Waals surface area contributed by atoms with Crippen LogP contribution in [0.2, 0.25) is 0 Å². The van der Waals surface area contributed by atoms with Gasteiger partial charge in [-0.3, -0.25) is 19.3 Å². The lowest BCUT2D eigenvalue weighted by Crippen LogP contribution is -2.43. The first-order chi connectivity index (χ1) is 13.7. The van der Waals surface area contributed by atoms with E-state index < -0.39 is 6.04 Å². The van der Waals surface area contributed by atoms with Crippen LogP contribution >= 0.6 is 0 Å². The quantitative estimate of drug-likeness (QED) is 0.455. The van der Waals surface area contributed by atoms with Crippen molar-refractivity contribution >= 4 is 34.2 Å². The fraction of sp³-hybridized carbons (Fsp3) is 0.350. The van der Waals surface area contributed by atoms with Crippen molar-refractivity contribution in [2.75, 3.05) is 34.2 Å². The lowest BCUT2D eigenvalue weighted by atomic mass is 9.93. The minimum atomic E-state index is -0.697. The number of nitrogens with two attached hydrogens (primary N) is 1. The molecule has 3 amide bonds. The van der Waals surface area contributed by atoms with Crippen LogP contribution in [0.1, 0.15) is 27.6 Å². The monoisotopic (exact) mass is 396 g/mol. The molecule has 2 aromatic rings. The van der Waals surface area contributed by atoms with E-state index in [9.17, 15) is 14.4 Å². The van der Waals surface area contributed by atoms with E-state index in [0.29, 0.717) is 34.1 Å². The normalized spacial score (nSPS) is 14.9. The molecule has 0 spiro atoms. The van der Waals surface area contributed by atoms with Crippen LogP contribution in [0.15, 0.2) is 40.7 Å². The SMILES string of the molecule is C[C@H](N)C(=O)N(C)/N=N/c1cc2c3c(cccc3c1)C(=O)N(CCN(C)C)C2=O. The van der Waals surface area contributed by atoms with Gasteiger partial charge in [-0.2, -0.15) is 0 Å². The zero-order valence-electron chi connectivity index (χ0n) is 16.9. The summed E-state index contributed by atoms with van der Waals surface area (Å²) in [6.07, 6.45) is 0. The van der Waals surface area contributed by atoms with Crippen LogP contribution in [0, 0.1) is 0 Å². The van der Waals surface area contributed by atoms with Crippen molar-refractivity contribution < 1.29 is 14.4 Å². The molecule has 2 N–H and O–H groups in total. The van der Waals surface area contributed by atoms with Crippen molar-refractivity contribution in [3.8, 4) is 0 Å². The van der Waals surface area contributed by atoms with Crippen molar-refractivity contribution in [3.05, 3.63) is 41.5 Å². The second-order valence-corrected chi connectivity index (χ2v) is 7.30. The van der Waals surface area contributed by atoms with E-state index in [4.69, 9.17) is 5.73 Å². The number of carbonyl (C=O) groups excluding carboxylic acids is 3. The first-order valence-corrected chi connectivity index (χ1v) is 9.23. The van der Waals surface area contributed by atoms with Crippen LogP contribution < -0.4 is 5.73 Å². The van der Waals surface area contributed by atoms with Gasteiger partial charge in [-0.25, -0.2) is 5.01 Å². The van der Waals surface area contributed by atoms with E-state index >= 15 is 0 Å². The first kappa shape index (κ1) is 20.6. The Hall–Kier alpha value is -3.17. The third kappa shape index (κ3) is 4.01. The fourth-order valence-corrected chi connectivity index (χ4v) is 3.16. The molecule has 0 aliphatic carbocycles. The zero-order chi connectivity index (χ0) is 21.3. The Kier molecular flexibility index (Phi) is 5.71. The number of nitrogens with zero attached hydrogens (tertiary/aromatic N) is 5. The summed E-state index contributed by atoms with van der Waals surface area (Å²) in [5.74, 6) is -1.04. The highest BCUT2D eigenvalue weighted by Crippen LogP contribution is 2.33. The van der Waals surface area contributed by atoms with Gasteiger partial charge in [0.2, 0.25) is 0 Å². The molecular weight excluding hydrogens is 372 g/mol. The summed E-state index contributed by atoms with van der Waals surface area (Å²) in [7, 11) is 5.23. The van der Waals surface area contributed by atoms with Gasteiger partial charge in [0.05, 0.1) is 17.3 Å². The van der Waals surface area contributed by atoms with E-state index in [1.165, 1.54) is 11.9 Å². The average molecular weight is 396 g/mol. The third-order valence-electron chi connectivity index (χ3n) is 4.69. The van der Waals surface area contributed by atoms with Crippen molar-refractivity contribution in [2.24, 2.45) is 16.1 Å². The second kappa shape index (κ2) is 8.06. The summed E-state index contributed by atoms with van der Waals surface area (Å²) >= 11 is 0. The Morgan fingerprint density at radius 2 is 1.83 bits per heavy atom. The Morgan fingerprint density at radius 1 is 1.14 bits per heavy atom. The number of rotatable bonds is 6. The number of hydrogen-bond acceptors (Lipinski definition) is 7. The van der Waals surface area contributed by atoms with Crippen LogP contribution in [0.5, 0.6) is 0 Å². The molecule has 0 bridgehead atoms. The van der Waals surface area contributed by atoms with Gasteiger partial charge in [-0.15, -0.1) is 5.11 Å². The van der Waals surface area contributed by atoms with Gasteiger partial charge in [-0.05, 0) is 44.6 Å². The Balaban J connectivity index is 2.02. The minimum absolute atomic E-state index is 0.290. The zero-order valence-corrected chi connectivity index (χ0v) is 16.9. The summed E-state index contributed by atoms with van der Waals surface area (Å²) in [6, 6.07) is 7.93. The van der Waals surface area contributed by atoms with E-state index in [1.807, 2.05) is 25.1 Å². The van der Waals surface area contributed by atoms with Crippen LogP contribution in [-0.4, -0.2) is 72.8 Å². The Labute approximate surface area is 168 Å². The molecule has 0 saturated carbocycles. The molecule has 29 heavy (non-hydrogen) atoms. The molecule has 1 aliphatic heterocycles. The minimum Gasteiger partial charge on any atom is -0.320 e. The van der Waals surface area contributed by atoms with Gasteiger partial charge < -0.3 is 10.6 Å². The number of carbonyl (C=O) groups is 3. The maximum atomic E-state index is 13.0. The highest BCUT2D eigenvalue weighted by molar-refractivity contribution is 6.25. The number of likely N-dealkylation sites (N-methyl/N-ethyl adjacent to an activating group) is 2. The van der Waals surface area contributed by atoms with Gasteiger partial charge >= 0.3 is 0 Å². The molecule has 1 atom stereocenters. The summed E-state index contributed by atoms with van der Waals surface area (Å²) in [5, 5.41) is 10.4. The molecule has 1 heterocycles. The van der Waals surface area contributed by atoms with Crippen molar-refractivity contribution in [1.82, 2.24) is 14.8 Å². The highest BCUT2D eigenvalue weighted by Gasteiger charge is 2.33. The fourth-order valence-electron chi connectivity index (χ4n) is 3.16. The van der Waals surface area contributed by atoms with Gasteiger partial charge in [0.15, 0.2) is 0 Å². The summed E-state index contributed by atoms with van der Waals surface area (Å²) in [4.78, 5) is 40.9. The van der Waals surface area contributed by atoms with E-state index in [-0.39, 0.29) is 24.3 Å². The largest absolute Gasteiger partial charge is 0.320 e. The maximum absolute atomic E-state index is 13.0. The molecular formula is C20H24N6O3. The highest BCUT2D eigenvalue weighted by atomic mass is 16.2. The predicted octanol–water partition coefficient (Wildman–Crippen LogP) is 1.80. The summed E-state index contributed by atoms with van der Waals surface area (Å²) in [6.45, 7) is 2.41. The van der Waals surface area contributed by atoms with Crippen molar-refractivity contribution in [2.45, 2.75) is 13.0 Å². The van der Waals surface area contributed by atoms with Crippen LogP contribution in [-0.2, 0) is 4.79 Å². The number of hydrogen-bond donors (Lipinski definition) is 1. The van der Waals surface area contributed by atoms with Crippen molar-refractivity contribution in [3.63, 3.8) is 0 Å². The summed E-state index contributed by atoms with van der Waals surface area (Å²) < 4.78 is 0. The maximum Gasteiger partial charge on any atom is 0.261 e. The molecule has 1 aliphatic rings. The van der Waals surface area contributed by atoms with E-state index in [1.54, 1.807) is 31.2 Å². The molecule has 9 heteroatoms. The lowest BCUT2D eigenvalue weighted by molar-refractivity contribution is -0.131. The Bertz CT molecular complexity index is 1010. The predicted molar refractivity (Wildman–Crippen MR) is 109 cm³/mol. The number of imide groups is 1. The molecule has 2 aromatic carbocycles. The van der Waals surface area contributed by atoms with Crippen LogP contribution in [0.3, 0.4) is 0 Å². The third-order valence-corrected chi connectivity index (χ3v) is 4.69. The van der Waals surface area contributed by atoms with E-state index in [0.717, 1.165) is 5.01 Å². The smallest absolute Gasteiger partial charge is 0.261 e. The molecule has 0 unspecified atom stereocenters. The van der Waals surface area contributed by atoms with Crippen molar-refractivity contribution in [1.29, 1.82) is 0 Å². The lowest BCUT2D eigenvalue weighted by Gasteiger charge is -2.28. The first-order valence-electron chi connectivity index (χ1n) is 9.23. The molecule has 152 valence electrons. The molecule has 9 nitrogen and oxygen atoms in total. The van der Waals surface area contributed by atoms with E-state index in [2.05, 4.69) is 10.3 Å². The van der Waals surface area contributed by atoms with Crippen LogP contribution in [0.25, 0.3) is 10.8 Å². The summed E-state index contributed by atoms with van der Waals surface area (Å²) in [5.41, 5.74) is 6.86. The topological polar surface area (TPSA) is 112 Å².